The Bertz CT molecular complexity index is 488. The lowest BCUT2D eigenvalue weighted by atomic mass is 10.1. The lowest BCUT2D eigenvalue weighted by Gasteiger charge is -2.21. The molecule has 1 unspecified atom stereocenters. The predicted octanol–water partition coefficient (Wildman–Crippen LogP) is 1.95. The maximum atomic E-state index is 10.9. The van der Waals surface area contributed by atoms with Crippen molar-refractivity contribution in [2.75, 3.05) is 24.6 Å². The first-order valence-electron chi connectivity index (χ1n) is 6.31. The number of nitro benzene ring substituents is 1. The van der Waals surface area contributed by atoms with E-state index in [9.17, 15) is 15.2 Å². The minimum Gasteiger partial charge on any atom is -0.494 e. The van der Waals surface area contributed by atoms with Gasteiger partial charge in [0.1, 0.15) is 5.75 Å². The van der Waals surface area contributed by atoms with Gasteiger partial charge in [-0.05, 0) is 20.3 Å². The van der Waals surface area contributed by atoms with E-state index in [0.717, 1.165) is 5.69 Å². The van der Waals surface area contributed by atoms with Crippen LogP contribution in [0.1, 0.15) is 20.3 Å². The predicted molar refractivity (Wildman–Crippen MR) is 71.7 cm³/mol. The summed E-state index contributed by atoms with van der Waals surface area (Å²) in [6.45, 7) is 5.21. The molecule has 1 heterocycles. The van der Waals surface area contributed by atoms with Crippen LogP contribution in [0.5, 0.6) is 5.75 Å². The summed E-state index contributed by atoms with van der Waals surface area (Å²) in [6, 6.07) is 4.71. The van der Waals surface area contributed by atoms with Crippen molar-refractivity contribution in [1.82, 2.24) is 0 Å². The highest BCUT2D eigenvalue weighted by Gasteiger charge is 2.32. The van der Waals surface area contributed by atoms with E-state index in [0.29, 0.717) is 31.9 Å². The zero-order valence-electron chi connectivity index (χ0n) is 11.1. The minimum atomic E-state index is -0.740. The summed E-state index contributed by atoms with van der Waals surface area (Å²) >= 11 is 0. The van der Waals surface area contributed by atoms with Gasteiger partial charge in [-0.25, -0.2) is 0 Å². The van der Waals surface area contributed by atoms with Gasteiger partial charge < -0.3 is 14.7 Å². The van der Waals surface area contributed by atoms with E-state index in [2.05, 4.69) is 0 Å². The second-order valence-electron chi connectivity index (χ2n) is 5.04. The zero-order chi connectivity index (χ0) is 14.0. The van der Waals surface area contributed by atoms with Crippen molar-refractivity contribution < 1.29 is 14.8 Å². The number of rotatable bonds is 4. The van der Waals surface area contributed by atoms with Crippen LogP contribution >= 0.6 is 0 Å². The fourth-order valence-corrected chi connectivity index (χ4v) is 2.27. The van der Waals surface area contributed by atoms with Gasteiger partial charge in [0.2, 0.25) is 0 Å². The van der Waals surface area contributed by atoms with Crippen molar-refractivity contribution in [2.45, 2.75) is 25.9 Å². The molecule has 6 nitrogen and oxygen atoms in total. The Hall–Kier alpha value is -1.82. The van der Waals surface area contributed by atoms with Crippen LogP contribution in [0.15, 0.2) is 18.2 Å². The monoisotopic (exact) mass is 266 g/mol. The second kappa shape index (κ2) is 5.05. The Labute approximate surface area is 111 Å². The van der Waals surface area contributed by atoms with Gasteiger partial charge in [-0.1, -0.05) is 0 Å². The standard InChI is InChI=1S/C13H18N2O4/c1-3-19-12-7-10(6-11(8-12)15(17)18)14-5-4-13(2,16)9-14/h6-8,16H,3-5,9H2,1-2H3. The summed E-state index contributed by atoms with van der Waals surface area (Å²) in [5, 5.41) is 20.9. The molecule has 1 aliphatic heterocycles. The first kappa shape index (κ1) is 13.6. The van der Waals surface area contributed by atoms with Crippen LogP contribution in [-0.2, 0) is 0 Å². The molecular weight excluding hydrogens is 248 g/mol. The van der Waals surface area contributed by atoms with Gasteiger partial charge in [0.25, 0.3) is 5.69 Å². The third-order valence-electron chi connectivity index (χ3n) is 3.21. The molecule has 1 N–H and O–H groups in total. The topological polar surface area (TPSA) is 75.8 Å². The molecule has 0 radical (unpaired) electrons. The molecule has 0 spiro atoms. The molecule has 1 aliphatic rings. The third-order valence-corrected chi connectivity index (χ3v) is 3.21. The molecule has 1 saturated heterocycles. The molecule has 1 fully saturated rings. The van der Waals surface area contributed by atoms with Crippen LogP contribution < -0.4 is 9.64 Å². The Morgan fingerprint density at radius 2 is 2.26 bits per heavy atom. The van der Waals surface area contributed by atoms with E-state index in [1.807, 2.05) is 11.8 Å². The Balaban J connectivity index is 2.31. The van der Waals surface area contributed by atoms with Crippen LogP contribution in [0, 0.1) is 10.1 Å². The molecule has 1 atom stereocenters. The van der Waals surface area contributed by atoms with Crippen molar-refractivity contribution in [2.24, 2.45) is 0 Å². The molecule has 19 heavy (non-hydrogen) atoms. The molecule has 0 aliphatic carbocycles. The van der Waals surface area contributed by atoms with E-state index >= 15 is 0 Å². The maximum Gasteiger partial charge on any atom is 0.275 e. The summed E-state index contributed by atoms with van der Waals surface area (Å²) in [5.41, 5.74) is -0.0148. The molecule has 0 amide bonds. The number of non-ortho nitro benzene ring substituents is 1. The lowest BCUT2D eigenvalue weighted by molar-refractivity contribution is -0.384. The average molecular weight is 266 g/mol. The highest BCUT2D eigenvalue weighted by Crippen LogP contribution is 2.32. The third kappa shape index (κ3) is 3.14. The zero-order valence-corrected chi connectivity index (χ0v) is 11.1. The summed E-state index contributed by atoms with van der Waals surface area (Å²) in [6.07, 6.45) is 0.652. The fourth-order valence-electron chi connectivity index (χ4n) is 2.27. The van der Waals surface area contributed by atoms with Crippen molar-refractivity contribution in [3.8, 4) is 5.75 Å². The number of ether oxygens (including phenoxy) is 1. The van der Waals surface area contributed by atoms with Crippen LogP contribution in [-0.4, -0.2) is 35.3 Å². The molecule has 0 aromatic heterocycles. The molecule has 1 aromatic carbocycles. The van der Waals surface area contributed by atoms with Crippen molar-refractivity contribution in [3.05, 3.63) is 28.3 Å². The van der Waals surface area contributed by atoms with Gasteiger partial charge in [-0.15, -0.1) is 0 Å². The van der Waals surface area contributed by atoms with Crippen molar-refractivity contribution >= 4 is 11.4 Å². The van der Waals surface area contributed by atoms with Crippen molar-refractivity contribution in [1.29, 1.82) is 0 Å². The van der Waals surface area contributed by atoms with Gasteiger partial charge in [-0.2, -0.15) is 0 Å². The van der Waals surface area contributed by atoms with E-state index < -0.39 is 10.5 Å². The van der Waals surface area contributed by atoms with Crippen LogP contribution in [0.4, 0.5) is 11.4 Å². The number of benzene rings is 1. The smallest absolute Gasteiger partial charge is 0.275 e. The minimum absolute atomic E-state index is 0.00694. The highest BCUT2D eigenvalue weighted by atomic mass is 16.6. The number of nitro groups is 1. The molecule has 2 rings (SSSR count). The van der Waals surface area contributed by atoms with Crippen LogP contribution in [0.25, 0.3) is 0 Å². The number of aliphatic hydroxyl groups is 1. The second-order valence-corrected chi connectivity index (χ2v) is 5.04. The molecule has 0 bridgehead atoms. The van der Waals surface area contributed by atoms with Crippen LogP contribution in [0.3, 0.4) is 0 Å². The molecule has 6 heteroatoms. The van der Waals surface area contributed by atoms with Crippen molar-refractivity contribution in [3.63, 3.8) is 0 Å². The summed E-state index contributed by atoms with van der Waals surface area (Å²) in [5.74, 6) is 0.484. The Morgan fingerprint density at radius 3 is 2.79 bits per heavy atom. The Kier molecular flexibility index (Phi) is 3.61. The van der Waals surface area contributed by atoms with Gasteiger partial charge in [0.05, 0.1) is 23.2 Å². The number of hydrogen-bond acceptors (Lipinski definition) is 5. The highest BCUT2D eigenvalue weighted by molar-refractivity contribution is 5.58. The number of hydrogen-bond donors (Lipinski definition) is 1. The van der Waals surface area contributed by atoms with Gasteiger partial charge in [0.15, 0.2) is 0 Å². The largest absolute Gasteiger partial charge is 0.494 e. The number of nitrogens with zero attached hydrogens (tertiary/aromatic N) is 2. The molecule has 1 aromatic rings. The van der Waals surface area contributed by atoms with E-state index in [-0.39, 0.29) is 5.69 Å². The summed E-state index contributed by atoms with van der Waals surface area (Å²) < 4.78 is 5.36. The number of β-amino-alcohol motifs (C(OH)–C–C–N with tert-alkyl or cyclic N) is 1. The number of anilines is 1. The normalized spacial score (nSPS) is 22.6. The fraction of sp³-hybridized carbons (Fsp3) is 0.538. The van der Waals surface area contributed by atoms with E-state index in [4.69, 9.17) is 4.74 Å². The average Bonchev–Trinajstić information content (AvgIpc) is 2.70. The van der Waals surface area contributed by atoms with E-state index in [1.165, 1.54) is 12.1 Å². The van der Waals surface area contributed by atoms with E-state index in [1.54, 1.807) is 13.0 Å². The van der Waals surface area contributed by atoms with Crippen LogP contribution in [0.2, 0.25) is 0 Å². The quantitative estimate of drug-likeness (QED) is 0.666. The first-order chi connectivity index (χ1) is 8.91. The molecular formula is C13H18N2O4. The maximum absolute atomic E-state index is 10.9. The summed E-state index contributed by atoms with van der Waals surface area (Å²) in [4.78, 5) is 12.4. The molecule has 104 valence electrons. The Morgan fingerprint density at radius 1 is 1.53 bits per heavy atom. The molecule has 0 saturated carbocycles. The first-order valence-corrected chi connectivity index (χ1v) is 6.31. The summed E-state index contributed by atoms with van der Waals surface area (Å²) in [7, 11) is 0. The lowest BCUT2D eigenvalue weighted by Crippen LogP contribution is -2.29. The van der Waals surface area contributed by atoms with Gasteiger partial charge in [-0.3, -0.25) is 10.1 Å². The SMILES string of the molecule is CCOc1cc(N2CCC(C)(O)C2)cc([N+](=O)[O-])c1. The van der Waals surface area contributed by atoms with Gasteiger partial charge >= 0.3 is 0 Å². The van der Waals surface area contributed by atoms with Gasteiger partial charge in [0, 0.05) is 30.9 Å².